The summed E-state index contributed by atoms with van der Waals surface area (Å²) in [5.41, 5.74) is -0.234. The van der Waals surface area contributed by atoms with Gasteiger partial charge >= 0.3 is 0 Å². The molecule has 1 aromatic heterocycles. The summed E-state index contributed by atoms with van der Waals surface area (Å²) in [7, 11) is 0. The van der Waals surface area contributed by atoms with E-state index in [1.165, 1.54) is 0 Å². The first-order valence-corrected chi connectivity index (χ1v) is 8.36. The Morgan fingerprint density at radius 1 is 1.30 bits per heavy atom. The first-order valence-electron chi connectivity index (χ1n) is 7.20. The largest absolute Gasteiger partial charge is 0.456 e. The van der Waals surface area contributed by atoms with Crippen LogP contribution in [0.25, 0.3) is 0 Å². The molecule has 2 heterocycles. The molecule has 1 amide bonds. The second-order valence-electron chi connectivity index (χ2n) is 5.27. The van der Waals surface area contributed by atoms with E-state index in [-0.39, 0.29) is 5.91 Å². The minimum absolute atomic E-state index is 0.234. The van der Waals surface area contributed by atoms with Crippen molar-refractivity contribution in [3.8, 4) is 17.6 Å². The Hall–Kier alpha value is -2.52. The van der Waals surface area contributed by atoms with Crippen LogP contribution in [0.3, 0.4) is 0 Å². The molecule has 1 N–H and O–H groups in total. The van der Waals surface area contributed by atoms with Crippen LogP contribution in [0.1, 0.15) is 16.8 Å². The molecular formula is C17H15N3O2S. The number of thioether (sulfide) groups is 1. The lowest BCUT2D eigenvalue weighted by molar-refractivity contribution is 0.0926. The topological polar surface area (TPSA) is 75.0 Å². The van der Waals surface area contributed by atoms with E-state index in [1.807, 2.05) is 6.07 Å². The monoisotopic (exact) mass is 325 g/mol. The number of amides is 1. The van der Waals surface area contributed by atoms with Crippen LogP contribution in [0.2, 0.25) is 0 Å². The number of rotatable bonds is 4. The summed E-state index contributed by atoms with van der Waals surface area (Å²) in [4.78, 5) is 16.3. The highest BCUT2D eigenvalue weighted by Crippen LogP contribution is 2.28. The van der Waals surface area contributed by atoms with E-state index >= 15 is 0 Å². The predicted molar refractivity (Wildman–Crippen MR) is 88.5 cm³/mol. The number of carbonyl (C=O) groups is 1. The van der Waals surface area contributed by atoms with Crippen LogP contribution in [0.15, 0.2) is 48.8 Å². The molecule has 23 heavy (non-hydrogen) atoms. The Labute approximate surface area is 138 Å². The van der Waals surface area contributed by atoms with E-state index in [0.29, 0.717) is 29.2 Å². The van der Waals surface area contributed by atoms with Gasteiger partial charge < -0.3 is 10.1 Å². The number of carbonyl (C=O) groups excluding carboxylic acids is 1. The summed E-state index contributed by atoms with van der Waals surface area (Å²) in [5.74, 6) is 2.56. The molecule has 116 valence electrons. The lowest BCUT2D eigenvalue weighted by Crippen LogP contribution is -2.47. The zero-order valence-corrected chi connectivity index (χ0v) is 13.2. The third-order valence-corrected chi connectivity index (χ3v) is 4.76. The third kappa shape index (κ3) is 3.63. The first kappa shape index (κ1) is 15.4. The second-order valence-corrected chi connectivity index (χ2v) is 6.37. The van der Waals surface area contributed by atoms with Gasteiger partial charge in [-0.2, -0.15) is 17.0 Å². The smallest absolute Gasteiger partial charge is 0.252 e. The molecule has 2 aromatic rings. The van der Waals surface area contributed by atoms with Crippen molar-refractivity contribution in [1.82, 2.24) is 10.3 Å². The van der Waals surface area contributed by atoms with E-state index in [1.54, 1.807) is 54.5 Å². The normalized spacial score (nSPS) is 19.8. The molecule has 0 bridgehead atoms. The van der Waals surface area contributed by atoms with E-state index in [9.17, 15) is 10.1 Å². The first-order chi connectivity index (χ1) is 11.2. The number of hydrogen-bond donors (Lipinski definition) is 1. The number of nitrogens with zero attached hydrogens (tertiary/aromatic N) is 2. The molecular weight excluding hydrogens is 310 g/mol. The van der Waals surface area contributed by atoms with E-state index in [2.05, 4.69) is 16.4 Å². The summed E-state index contributed by atoms with van der Waals surface area (Å²) >= 11 is 1.68. The maximum absolute atomic E-state index is 12.3. The highest BCUT2D eigenvalue weighted by atomic mass is 32.2. The summed E-state index contributed by atoms with van der Waals surface area (Å²) in [6.45, 7) is 0. The Morgan fingerprint density at radius 3 is 2.74 bits per heavy atom. The van der Waals surface area contributed by atoms with Crippen LogP contribution in [0.5, 0.6) is 11.5 Å². The maximum atomic E-state index is 12.3. The van der Waals surface area contributed by atoms with Crippen LogP contribution in [0, 0.1) is 11.3 Å². The number of ether oxygens (including phenoxy) is 1. The number of pyridine rings is 1. The highest BCUT2D eigenvalue weighted by molar-refractivity contribution is 7.99. The average Bonchev–Trinajstić information content (AvgIpc) is 3.05. The van der Waals surface area contributed by atoms with Gasteiger partial charge in [-0.25, -0.2) is 0 Å². The van der Waals surface area contributed by atoms with Crippen molar-refractivity contribution < 1.29 is 9.53 Å². The Kier molecular flexibility index (Phi) is 4.49. The van der Waals surface area contributed by atoms with Crippen LogP contribution in [-0.4, -0.2) is 27.9 Å². The van der Waals surface area contributed by atoms with Gasteiger partial charge in [-0.05, 0) is 48.6 Å². The van der Waals surface area contributed by atoms with Crippen LogP contribution in [0.4, 0.5) is 0 Å². The van der Waals surface area contributed by atoms with Gasteiger partial charge in [-0.15, -0.1) is 0 Å². The number of aromatic nitrogens is 1. The van der Waals surface area contributed by atoms with Crippen molar-refractivity contribution in [1.29, 1.82) is 5.26 Å². The molecule has 1 unspecified atom stereocenters. The zero-order valence-electron chi connectivity index (χ0n) is 12.4. The number of nitrogens with one attached hydrogen (secondary N) is 1. The van der Waals surface area contributed by atoms with Gasteiger partial charge in [0.1, 0.15) is 17.0 Å². The van der Waals surface area contributed by atoms with Crippen LogP contribution < -0.4 is 10.1 Å². The van der Waals surface area contributed by atoms with E-state index in [0.717, 1.165) is 5.75 Å². The third-order valence-electron chi connectivity index (χ3n) is 3.58. The Bertz CT molecular complexity index is 720. The van der Waals surface area contributed by atoms with Gasteiger partial charge in [0.2, 0.25) is 0 Å². The Balaban J connectivity index is 1.67. The van der Waals surface area contributed by atoms with Crippen molar-refractivity contribution in [3.63, 3.8) is 0 Å². The molecule has 0 aliphatic carbocycles. The maximum Gasteiger partial charge on any atom is 0.252 e. The SMILES string of the molecule is N#CC1(NC(=O)c2ccc(Oc3cccnc3)cc2)CCSC1. The molecule has 1 atom stereocenters. The lowest BCUT2D eigenvalue weighted by atomic mass is 10.0. The highest BCUT2D eigenvalue weighted by Gasteiger charge is 2.36. The molecule has 5 nitrogen and oxygen atoms in total. The summed E-state index contributed by atoms with van der Waals surface area (Å²) in [6.07, 6.45) is 3.98. The van der Waals surface area contributed by atoms with Gasteiger partial charge in [0.15, 0.2) is 0 Å². The fraction of sp³-hybridized carbons (Fsp3) is 0.235. The van der Waals surface area contributed by atoms with Crippen molar-refractivity contribution in [3.05, 3.63) is 54.4 Å². The lowest BCUT2D eigenvalue weighted by Gasteiger charge is -2.21. The molecule has 0 saturated carbocycles. The van der Waals surface area contributed by atoms with Crippen molar-refractivity contribution in [2.24, 2.45) is 0 Å². The van der Waals surface area contributed by atoms with Gasteiger partial charge in [-0.1, -0.05) is 0 Å². The van der Waals surface area contributed by atoms with Crippen molar-refractivity contribution >= 4 is 17.7 Å². The summed E-state index contributed by atoms with van der Waals surface area (Å²) in [5, 5.41) is 12.2. The molecule has 0 radical (unpaired) electrons. The molecule has 0 spiro atoms. The minimum atomic E-state index is -0.743. The van der Waals surface area contributed by atoms with Crippen LogP contribution >= 0.6 is 11.8 Å². The molecule has 1 saturated heterocycles. The van der Waals surface area contributed by atoms with Gasteiger partial charge in [0, 0.05) is 17.5 Å². The molecule has 1 fully saturated rings. The van der Waals surface area contributed by atoms with E-state index < -0.39 is 5.54 Å². The van der Waals surface area contributed by atoms with Gasteiger partial charge in [0.25, 0.3) is 5.91 Å². The van der Waals surface area contributed by atoms with Gasteiger partial charge in [-0.3, -0.25) is 9.78 Å². The van der Waals surface area contributed by atoms with Crippen molar-refractivity contribution in [2.45, 2.75) is 12.0 Å². The van der Waals surface area contributed by atoms with Crippen LogP contribution in [-0.2, 0) is 0 Å². The van der Waals surface area contributed by atoms with E-state index in [4.69, 9.17) is 4.74 Å². The molecule has 1 aliphatic rings. The van der Waals surface area contributed by atoms with Crippen molar-refractivity contribution in [2.75, 3.05) is 11.5 Å². The Morgan fingerprint density at radius 2 is 2.13 bits per heavy atom. The summed E-state index contributed by atoms with van der Waals surface area (Å²) in [6, 6.07) is 12.7. The summed E-state index contributed by atoms with van der Waals surface area (Å²) < 4.78 is 5.64. The number of benzene rings is 1. The quantitative estimate of drug-likeness (QED) is 0.935. The minimum Gasteiger partial charge on any atom is -0.456 e. The zero-order chi connectivity index (χ0) is 16.1. The molecule has 6 heteroatoms. The standard InChI is InChI=1S/C17H15N3O2S/c18-11-17(7-9-23-12-17)20-16(21)13-3-5-14(6-4-13)22-15-2-1-8-19-10-15/h1-6,8,10H,7,9,12H2,(H,20,21). The molecule has 3 rings (SSSR count). The molecule has 1 aromatic carbocycles. The average molecular weight is 325 g/mol. The predicted octanol–water partition coefficient (Wildman–Crippen LogP) is 3.00. The van der Waals surface area contributed by atoms with Gasteiger partial charge in [0.05, 0.1) is 12.3 Å². The fourth-order valence-electron chi connectivity index (χ4n) is 2.29. The number of nitriles is 1. The number of hydrogen-bond acceptors (Lipinski definition) is 5. The molecule has 1 aliphatic heterocycles. The second kappa shape index (κ2) is 6.71. The fourth-order valence-corrected chi connectivity index (χ4v) is 3.55.